The van der Waals surface area contributed by atoms with Gasteiger partial charge >= 0.3 is 0 Å². The third-order valence-corrected chi connectivity index (χ3v) is 5.77. The fourth-order valence-corrected chi connectivity index (χ4v) is 4.16. The highest BCUT2D eigenvalue weighted by molar-refractivity contribution is 9.10. The molecule has 0 bridgehead atoms. The molecule has 1 saturated heterocycles. The van der Waals surface area contributed by atoms with Crippen molar-refractivity contribution in [1.82, 2.24) is 10.6 Å². The van der Waals surface area contributed by atoms with Crippen LogP contribution in [0.25, 0.3) is 0 Å². The van der Waals surface area contributed by atoms with E-state index in [2.05, 4.69) is 38.7 Å². The molecule has 0 spiro atoms. The van der Waals surface area contributed by atoms with Gasteiger partial charge in [0.25, 0.3) is 0 Å². The van der Waals surface area contributed by atoms with Gasteiger partial charge in [-0.15, -0.1) is 12.4 Å². The second-order valence-electron chi connectivity index (χ2n) is 6.72. The Morgan fingerprint density at radius 1 is 1.22 bits per heavy atom. The van der Waals surface area contributed by atoms with Crippen LogP contribution in [0.1, 0.15) is 44.1 Å². The number of benzene rings is 1. The van der Waals surface area contributed by atoms with E-state index in [0.29, 0.717) is 5.92 Å². The van der Waals surface area contributed by atoms with E-state index in [1.165, 1.54) is 18.4 Å². The molecule has 23 heavy (non-hydrogen) atoms. The van der Waals surface area contributed by atoms with Crippen LogP contribution >= 0.6 is 28.3 Å². The van der Waals surface area contributed by atoms with E-state index in [1.807, 2.05) is 12.1 Å². The molecule has 1 aliphatic carbocycles. The van der Waals surface area contributed by atoms with Crippen LogP contribution in [0.2, 0.25) is 0 Å². The van der Waals surface area contributed by atoms with Crippen LogP contribution in [-0.4, -0.2) is 25.5 Å². The Hall–Kier alpha value is -0.580. The first-order chi connectivity index (χ1) is 10.7. The molecule has 1 saturated carbocycles. The topological polar surface area (TPSA) is 41.1 Å². The van der Waals surface area contributed by atoms with Crippen molar-refractivity contribution >= 4 is 34.2 Å². The quantitative estimate of drug-likeness (QED) is 0.806. The summed E-state index contributed by atoms with van der Waals surface area (Å²) in [6.45, 7) is 2.96. The van der Waals surface area contributed by atoms with Crippen LogP contribution in [-0.2, 0) is 10.2 Å². The number of halogens is 2. The Bertz CT molecular complexity index is 508. The maximum Gasteiger partial charge on any atom is 0.230 e. The van der Waals surface area contributed by atoms with E-state index in [9.17, 15) is 4.79 Å². The molecule has 1 aromatic carbocycles. The summed E-state index contributed by atoms with van der Waals surface area (Å²) in [6, 6.07) is 8.32. The molecule has 1 amide bonds. The van der Waals surface area contributed by atoms with Gasteiger partial charge in [-0.2, -0.15) is 0 Å². The number of amides is 1. The highest BCUT2D eigenvalue weighted by Gasteiger charge is 2.42. The monoisotopic (exact) mass is 400 g/mol. The smallest absolute Gasteiger partial charge is 0.230 e. The minimum Gasteiger partial charge on any atom is -0.355 e. The summed E-state index contributed by atoms with van der Waals surface area (Å²) < 4.78 is 1.07. The van der Waals surface area contributed by atoms with Gasteiger partial charge in [-0.3, -0.25) is 4.79 Å². The molecule has 3 rings (SSSR count). The first-order valence-corrected chi connectivity index (χ1v) is 9.25. The molecule has 1 unspecified atom stereocenters. The Morgan fingerprint density at radius 2 is 1.91 bits per heavy atom. The zero-order valence-electron chi connectivity index (χ0n) is 13.4. The fourth-order valence-electron chi connectivity index (χ4n) is 3.90. The Balaban J connectivity index is 0.00000192. The Kier molecular flexibility index (Phi) is 6.93. The van der Waals surface area contributed by atoms with Gasteiger partial charge in [-0.05, 0) is 62.4 Å². The van der Waals surface area contributed by atoms with Gasteiger partial charge < -0.3 is 10.6 Å². The number of piperidine rings is 1. The standard InChI is InChI=1S/C18H25BrN2O.ClH/c19-16-7-5-15(6-8-16)18(9-1-2-10-18)17(22)21-13-14-4-3-11-20-12-14;/h5-8,14,20H,1-4,9-13H2,(H,21,22);1H. The highest BCUT2D eigenvalue weighted by Crippen LogP contribution is 2.41. The normalized spacial score (nSPS) is 23.1. The van der Waals surface area contributed by atoms with Crippen molar-refractivity contribution in [3.8, 4) is 0 Å². The molecule has 1 atom stereocenters. The van der Waals surface area contributed by atoms with Crippen molar-refractivity contribution in [1.29, 1.82) is 0 Å². The van der Waals surface area contributed by atoms with Crippen LogP contribution in [0, 0.1) is 5.92 Å². The molecule has 2 N–H and O–H groups in total. The van der Waals surface area contributed by atoms with E-state index in [1.54, 1.807) is 0 Å². The minimum absolute atomic E-state index is 0. The first-order valence-electron chi connectivity index (χ1n) is 8.46. The Morgan fingerprint density at radius 3 is 2.52 bits per heavy atom. The average molecular weight is 402 g/mol. The predicted molar refractivity (Wildman–Crippen MR) is 100 cm³/mol. The number of nitrogens with one attached hydrogen (secondary N) is 2. The molecular weight excluding hydrogens is 376 g/mol. The van der Waals surface area contributed by atoms with Crippen molar-refractivity contribution in [3.63, 3.8) is 0 Å². The molecular formula is C18H26BrClN2O. The van der Waals surface area contributed by atoms with Gasteiger partial charge in [0.15, 0.2) is 0 Å². The molecule has 3 nitrogen and oxygen atoms in total. The second-order valence-corrected chi connectivity index (χ2v) is 7.63. The first kappa shape index (κ1) is 18.8. The van der Waals surface area contributed by atoms with E-state index in [0.717, 1.165) is 49.8 Å². The minimum atomic E-state index is -0.303. The molecule has 2 aliphatic rings. The molecule has 1 aromatic rings. The Labute approximate surface area is 153 Å². The predicted octanol–water partition coefficient (Wildman–Crippen LogP) is 3.80. The van der Waals surface area contributed by atoms with Gasteiger partial charge in [-0.25, -0.2) is 0 Å². The molecule has 0 aromatic heterocycles. The van der Waals surface area contributed by atoms with Gasteiger partial charge in [0.05, 0.1) is 5.41 Å². The second kappa shape index (κ2) is 8.50. The van der Waals surface area contributed by atoms with Crippen molar-refractivity contribution in [2.75, 3.05) is 19.6 Å². The van der Waals surface area contributed by atoms with Crippen LogP contribution in [0.4, 0.5) is 0 Å². The maximum absolute atomic E-state index is 13.0. The third-order valence-electron chi connectivity index (χ3n) is 5.24. The van der Waals surface area contributed by atoms with Crippen molar-refractivity contribution in [2.45, 2.75) is 43.9 Å². The largest absolute Gasteiger partial charge is 0.355 e. The lowest BCUT2D eigenvalue weighted by Crippen LogP contribution is -2.46. The number of rotatable bonds is 4. The van der Waals surface area contributed by atoms with E-state index in [4.69, 9.17) is 0 Å². The number of carbonyl (C=O) groups is 1. The lowest BCUT2D eigenvalue weighted by atomic mass is 9.78. The van der Waals surface area contributed by atoms with E-state index < -0.39 is 0 Å². The molecule has 1 aliphatic heterocycles. The summed E-state index contributed by atoms with van der Waals surface area (Å²) >= 11 is 3.48. The third kappa shape index (κ3) is 4.28. The van der Waals surface area contributed by atoms with Crippen LogP contribution < -0.4 is 10.6 Å². The van der Waals surface area contributed by atoms with Crippen molar-refractivity contribution in [3.05, 3.63) is 34.3 Å². The van der Waals surface area contributed by atoms with Crippen LogP contribution in [0.15, 0.2) is 28.7 Å². The fraction of sp³-hybridized carbons (Fsp3) is 0.611. The van der Waals surface area contributed by atoms with Gasteiger partial charge in [-0.1, -0.05) is 40.9 Å². The number of hydrogen-bond acceptors (Lipinski definition) is 2. The molecule has 1 heterocycles. The molecule has 0 radical (unpaired) electrons. The van der Waals surface area contributed by atoms with Crippen molar-refractivity contribution < 1.29 is 4.79 Å². The van der Waals surface area contributed by atoms with Crippen LogP contribution in [0.5, 0.6) is 0 Å². The van der Waals surface area contributed by atoms with E-state index >= 15 is 0 Å². The molecule has 128 valence electrons. The number of carbonyl (C=O) groups excluding carboxylic acids is 1. The summed E-state index contributed by atoms with van der Waals surface area (Å²) in [5.41, 5.74) is 0.871. The van der Waals surface area contributed by atoms with Crippen LogP contribution in [0.3, 0.4) is 0 Å². The summed E-state index contributed by atoms with van der Waals surface area (Å²) in [5, 5.41) is 6.68. The molecule has 2 fully saturated rings. The van der Waals surface area contributed by atoms with Gasteiger partial charge in [0.2, 0.25) is 5.91 Å². The average Bonchev–Trinajstić information content (AvgIpc) is 3.05. The summed E-state index contributed by atoms with van der Waals surface area (Å²) in [5.74, 6) is 0.818. The summed E-state index contributed by atoms with van der Waals surface area (Å²) in [4.78, 5) is 13.0. The summed E-state index contributed by atoms with van der Waals surface area (Å²) in [6.07, 6.45) is 6.69. The maximum atomic E-state index is 13.0. The summed E-state index contributed by atoms with van der Waals surface area (Å²) in [7, 11) is 0. The number of hydrogen-bond donors (Lipinski definition) is 2. The van der Waals surface area contributed by atoms with Crippen molar-refractivity contribution in [2.24, 2.45) is 5.92 Å². The van der Waals surface area contributed by atoms with Gasteiger partial charge in [0, 0.05) is 11.0 Å². The SMILES string of the molecule is Cl.O=C(NCC1CCCNC1)C1(c2ccc(Br)cc2)CCCC1. The lowest BCUT2D eigenvalue weighted by molar-refractivity contribution is -0.126. The highest BCUT2D eigenvalue weighted by atomic mass is 79.9. The zero-order chi connectivity index (χ0) is 15.4. The molecule has 5 heteroatoms. The van der Waals surface area contributed by atoms with E-state index in [-0.39, 0.29) is 23.7 Å². The zero-order valence-corrected chi connectivity index (χ0v) is 15.8. The lowest BCUT2D eigenvalue weighted by Gasteiger charge is -2.30. The van der Waals surface area contributed by atoms with Gasteiger partial charge in [0.1, 0.15) is 0 Å².